The number of aromatic nitrogens is 3. The molecule has 0 unspecified atom stereocenters. The Morgan fingerprint density at radius 1 is 0.205 bits per heavy atom. The van der Waals surface area contributed by atoms with Crippen molar-refractivity contribution in [1.29, 1.82) is 0 Å². The van der Waals surface area contributed by atoms with Crippen molar-refractivity contribution < 1.29 is 0 Å². The van der Waals surface area contributed by atoms with Crippen molar-refractivity contribution in [3.05, 3.63) is 161 Å². The number of anilines is 3. The molecule has 0 N–H and O–H groups in total. The Hall–Kier alpha value is 0.0400. The molecule has 22 heteroatoms. The van der Waals surface area contributed by atoms with Crippen molar-refractivity contribution in [3.63, 3.8) is 0 Å². The zero-order valence-corrected chi connectivity index (χ0v) is 81.9. The number of fused-ring (bicyclic) bond motifs is 3. The van der Waals surface area contributed by atoms with Crippen LogP contribution in [0.3, 0.4) is 0 Å². The van der Waals surface area contributed by atoms with Crippen LogP contribution in [-0.4, -0.2) is 48.2 Å². The standard InChI is InChI=1S/C90H120N4S18/c1-7-13-19-25-31-37-55-95-79-80(96-56-38-32-26-20-14-8-2)108-88(107-79)85-101-73-61-91(62-74(73)102-85)67-43-49-70(50-44-67)94(71-51-45-68(46-52-71)92-63-75-76(64-92)104-86(103-75)89-109-81(97-57-39-33-27-21-15-9-3)82(110-89)98-58-40-34-28-22-16-10-4)72-53-47-69(48-54-72)93-65-77-78(66-93)106-87(105-77)90-111-83(99-59-41-35-29-23-17-11-5)84(112-90)100-60-42-36-30-24-18-12-6/h43-54,61-66H,7-42,55-60H2,1-6H3. The molecule has 0 amide bonds. The van der Waals surface area contributed by atoms with Crippen LogP contribution in [0.2, 0.25) is 0 Å². The lowest BCUT2D eigenvalue weighted by Gasteiger charge is -2.26. The molecule has 0 saturated carbocycles. The van der Waals surface area contributed by atoms with Gasteiger partial charge in [-0.2, -0.15) is 0 Å². The van der Waals surface area contributed by atoms with Crippen molar-refractivity contribution in [2.75, 3.05) is 39.4 Å². The van der Waals surface area contributed by atoms with Gasteiger partial charge in [0.15, 0.2) is 0 Å². The summed E-state index contributed by atoms with van der Waals surface area (Å²) in [6, 6.07) is 27.9. The second-order valence-corrected chi connectivity index (χ2v) is 51.6. The lowest BCUT2D eigenvalue weighted by Crippen LogP contribution is -2.10. The van der Waals surface area contributed by atoms with Crippen LogP contribution >= 0.6 is 212 Å². The maximum absolute atomic E-state index is 2.44. The molecule has 0 radical (unpaired) electrons. The monoisotopic (exact) mass is 1830 g/mol. The number of rotatable bonds is 54. The van der Waals surface area contributed by atoms with Gasteiger partial charge < -0.3 is 18.6 Å². The molecule has 9 heterocycles. The van der Waals surface area contributed by atoms with Gasteiger partial charge in [-0.1, -0.05) is 375 Å². The topological polar surface area (TPSA) is 18.0 Å². The molecule has 0 aliphatic carbocycles. The van der Waals surface area contributed by atoms with Gasteiger partial charge in [-0.05, 0) is 146 Å². The fraction of sp³-hybridized carbons (Fsp3) is 0.533. The maximum Gasteiger partial charge on any atom is 0.0717 e. The van der Waals surface area contributed by atoms with E-state index in [1.165, 1.54) is 338 Å². The lowest BCUT2D eigenvalue weighted by molar-refractivity contribution is 0.627. The average molecular weight is 1840 g/mol. The quantitative estimate of drug-likeness (QED) is 0.0337. The third-order valence-corrected chi connectivity index (χ3v) is 46.3. The highest BCUT2D eigenvalue weighted by Crippen LogP contribution is 2.68. The highest BCUT2D eigenvalue weighted by molar-refractivity contribution is 8.44. The van der Waals surface area contributed by atoms with E-state index in [0.29, 0.717) is 0 Å². The zero-order chi connectivity index (χ0) is 77.3. The second-order valence-electron chi connectivity index (χ2n) is 29.4. The van der Waals surface area contributed by atoms with Gasteiger partial charge in [0.1, 0.15) is 0 Å². The van der Waals surface area contributed by atoms with E-state index in [1.54, 1.807) is 25.4 Å². The molecule has 3 aromatic carbocycles. The fourth-order valence-electron chi connectivity index (χ4n) is 13.7. The summed E-state index contributed by atoms with van der Waals surface area (Å²) in [5.41, 5.74) is 6.93. The molecule has 6 aliphatic rings. The molecule has 0 spiro atoms. The van der Waals surface area contributed by atoms with Gasteiger partial charge in [0, 0.05) is 101 Å². The molecule has 4 nitrogen and oxygen atoms in total. The van der Waals surface area contributed by atoms with E-state index in [9.17, 15) is 0 Å². The predicted molar refractivity (Wildman–Crippen MR) is 537 cm³/mol. The molecule has 112 heavy (non-hydrogen) atoms. The lowest BCUT2D eigenvalue weighted by atomic mass is 10.1. The van der Waals surface area contributed by atoms with Crippen LogP contribution in [0.1, 0.15) is 273 Å². The Morgan fingerprint density at radius 3 is 0.545 bits per heavy atom. The summed E-state index contributed by atoms with van der Waals surface area (Å²) in [5, 5.41) is 0. The number of thioether (sulfide) groups is 18. The molecular formula is C90H120N4S18. The van der Waals surface area contributed by atoms with E-state index in [0.717, 1.165) is 17.1 Å². The number of hydrogen-bond acceptors (Lipinski definition) is 19. The van der Waals surface area contributed by atoms with E-state index >= 15 is 0 Å². The molecule has 0 bridgehead atoms. The third-order valence-electron chi connectivity index (χ3n) is 20.2. The molecule has 12 rings (SSSR count). The molecule has 6 aliphatic heterocycles. The predicted octanol–water partition coefficient (Wildman–Crippen LogP) is 37.9. The summed E-state index contributed by atoms with van der Waals surface area (Å²) in [6.45, 7) is 13.9. The molecule has 3 aromatic heterocycles. The van der Waals surface area contributed by atoms with Crippen LogP contribution in [0.4, 0.5) is 17.1 Å². The second kappa shape index (κ2) is 51.2. The number of unbranched alkanes of at least 4 members (excludes halogenated alkanes) is 30. The molecule has 608 valence electrons. The van der Waals surface area contributed by atoms with E-state index in [4.69, 9.17) is 0 Å². The van der Waals surface area contributed by atoms with Crippen molar-refractivity contribution in [1.82, 2.24) is 13.7 Å². The molecule has 6 aromatic rings. The smallest absolute Gasteiger partial charge is 0.0717 e. The van der Waals surface area contributed by atoms with Crippen LogP contribution in [0.15, 0.2) is 190 Å². The average Bonchev–Trinajstić information content (AvgIpc) is 1.62. The first-order chi connectivity index (χ1) is 55.3. The summed E-state index contributed by atoms with van der Waals surface area (Å²) in [6.07, 6.45) is 63.0. The Kier molecular flexibility index (Phi) is 41.7. The van der Waals surface area contributed by atoms with Gasteiger partial charge in [0.2, 0.25) is 0 Å². The van der Waals surface area contributed by atoms with Crippen LogP contribution in [0, 0.1) is 0 Å². The highest BCUT2D eigenvalue weighted by atomic mass is 32.3. The number of hydrogen-bond donors (Lipinski definition) is 0. The summed E-state index contributed by atoms with van der Waals surface area (Å²) in [7, 11) is 0. The number of benzene rings is 3. The Labute approximate surface area is 753 Å². The molecule has 0 atom stereocenters. The van der Waals surface area contributed by atoms with Crippen molar-refractivity contribution in [3.8, 4) is 17.1 Å². The Bertz CT molecular complexity index is 3500. The first kappa shape index (κ1) is 91.3. The molecule has 0 fully saturated rings. The van der Waals surface area contributed by atoms with Crippen LogP contribution in [0.25, 0.3) is 17.1 Å². The van der Waals surface area contributed by atoms with Crippen LogP contribution in [-0.2, 0) is 0 Å². The molecular weight excluding hydrogens is 1710 g/mol. The first-order valence-corrected chi connectivity index (χ1v) is 58.1. The van der Waals surface area contributed by atoms with Gasteiger partial charge in [0.25, 0.3) is 0 Å². The van der Waals surface area contributed by atoms with Crippen molar-refractivity contribution in [2.24, 2.45) is 0 Å². The highest BCUT2D eigenvalue weighted by Gasteiger charge is 2.34. The van der Waals surface area contributed by atoms with Crippen molar-refractivity contribution >= 4 is 229 Å². The van der Waals surface area contributed by atoms with Crippen LogP contribution in [0.5, 0.6) is 0 Å². The Morgan fingerprint density at radius 2 is 0.366 bits per heavy atom. The summed E-state index contributed by atoms with van der Waals surface area (Å²) in [5.74, 6) is 7.39. The van der Waals surface area contributed by atoms with Crippen LogP contribution < -0.4 is 4.90 Å². The summed E-state index contributed by atoms with van der Waals surface area (Å²) >= 11 is 37.1. The van der Waals surface area contributed by atoms with Crippen molar-refractivity contribution in [2.45, 2.75) is 302 Å². The summed E-state index contributed by atoms with van der Waals surface area (Å²) < 4.78 is 25.2. The number of nitrogens with zero attached hydrogens (tertiary/aromatic N) is 4. The van der Waals surface area contributed by atoms with Gasteiger partial charge in [-0.15, -0.1) is 70.6 Å². The van der Waals surface area contributed by atoms with E-state index in [-0.39, 0.29) is 0 Å². The minimum atomic E-state index is 1.13. The third kappa shape index (κ3) is 28.0. The fourth-order valence-corrected chi connectivity index (χ4v) is 40.1. The minimum absolute atomic E-state index is 1.13. The van der Waals surface area contributed by atoms with E-state index < -0.39 is 0 Å². The summed E-state index contributed by atoms with van der Waals surface area (Å²) in [4.78, 5) is 10.6. The van der Waals surface area contributed by atoms with Gasteiger partial charge in [-0.3, -0.25) is 0 Å². The zero-order valence-electron chi connectivity index (χ0n) is 67.2. The van der Waals surface area contributed by atoms with E-state index in [2.05, 4.69) is 311 Å². The van der Waals surface area contributed by atoms with E-state index in [1.807, 2.05) is 70.6 Å². The van der Waals surface area contributed by atoms with Gasteiger partial charge >= 0.3 is 0 Å². The largest absolute Gasteiger partial charge is 0.322 e. The first-order valence-electron chi connectivity index (χ1n) is 42.4. The minimum Gasteiger partial charge on any atom is -0.322 e. The van der Waals surface area contributed by atoms with Gasteiger partial charge in [0.05, 0.1) is 50.8 Å². The van der Waals surface area contributed by atoms with Gasteiger partial charge in [-0.25, -0.2) is 0 Å². The molecule has 0 saturated heterocycles. The maximum atomic E-state index is 2.44. The Balaban J connectivity index is 0.734. The normalized spacial score (nSPS) is 15.6. The SMILES string of the molecule is CCCCCCCCSC1=C(SCCCCCCCC)SC(=C2Sc3cn(-c4ccc(N(c5ccc(-n6cc7c(c6)SC(=C6SC(SCCCCCCCC)=C(SCCCCCCCC)S6)S7)cc5)c5ccc(-n6cc7c(c6)SC(=C6SC(SCCCCCCCC)=C(SCCCCCCCC)S6)S7)cc5)cc4)cc3S2)S1.